The van der Waals surface area contributed by atoms with Crippen LogP contribution in [0.5, 0.6) is 0 Å². The zero-order valence-corrected chi connectivity index (χ0v) is 19.7. The summed E-state index contributed by atoms with van der Waals surface area (Å²) in [5.41, 5.74) is 4.59. The lowest BCUT2D eigenvalue weighted by Crippen LogP contribution is -2.32. The number of hydrogen-bond donors (Lipinski definition) is 3. The van der Waals surface area contributed by atoms with E-state index in [4.69, 9.17) is 9.84 Å². The van der Waals surface area contributed by atoms with Crippen LogP contribution in [0.25, 0.3) is 11.1 Å². The van der Waals surface area contributed by atoms with Crippen LogP contribution >= 0.6 is 0 Å². The molecule has 0 fully saturated rings. The van der Waals surface area contributed by atoms with Gasteiger partial charge in [0.1, 0.15) is 12.3 Å². The van der Waals surface area contributed by atoms with Gasteiger partial charge < -0.3 is 20.5 Å². The molecule has 0 aliphatic heterocycles. The van der Waals surface area contributed by atoms with E-state index in [0.717, 1.165) is 22.3 Å². The normalized spacial score (nSPS) is 13.0. The van der Waals surface area contributed by atoms with Crippen LogP contribution in [0.1, 0.15) is 47.3 Å². The molecule has 3 N–H and O–H groups in total. The Morgan fingerprint density at radius 2 is 1.71 bits per heavy atom. The molecule has 0 spiro atoms. The van der Waals surface area contributed by atoms with Crippen LogP contribution < -0.4 is 10.6 Å². The van der Waals surface area contributed by atoms with Gasteiger partial charge in [-0.25, -0.2) is 9.59 Å². The maximum Gasteiger partial charge on any atom is 0.407 e. The van der Waals surface area contributed by atoms with E-state index in [-0.39, 0.29) is 48.8 Å². The van der Waals surface area contributed by atoms with Crippen molar-refractivity contribution in [3.8, 4) is 11.1 Å². The fraction of sp³-hybridized carbons (Fsp3) is 0.308. The second-order valence-corrected chi connectivity index (χ2v) is 8.58. The molecule has 2 aromatic carbocycles. The number of nitrogens with zero attached hydrogens (tertiary/aromatic N) is 2. The Morgan fingerprint density at radius 1 is 1.09 bits per heavy atom. The Hall–Kier alpha value is -4.14. The zero-order chi connectivity index (χ0) is 24.9. The average Bonchev–Trinajstić information content (AvgIpc) is 3.37. The molecule has 1 atom stereocenters. The third-order valence-corrected chi connectivity index (χ3v) is 6.30. The molecule has 9 nitrogen and oxygen atoms in total. The number of carbonyl (C=O) groups is 3. The van der Waals surface area contributed by atoms with Crippen molar-refractivity contribution in [2.75, 3.05) is 18.5 Å². The number of aromatic carboxylic acids is 1. The van der Waals surface area contributed by atoms with E-state index in [1.807, 2.05) is 31.2 Å². The number of aromatic nitrogens is 2. The SMILES string of the molecule is CCC(CNC(=O)OCC1c2ccccc2-c2ccccc21)CC(=O)Nc1cc(C(=O)O)n(C)n1. The maximum atomic E-state index is 12.4. The summed E-state index contributed by atoms with van der Waals surface area (Å²) in [4.78, 5) is 35.9. The van der Waals surface area contributed by atoms with Gasteiger partial charge in [-0.1, -0.05) is 61.9 Å². The average molecular weight is 477 g/mol. The van der Waals surface area contributed by atoms with Gasteiger partial charge in [0.2, 0.25) is 5.91 Å². The minimum absolute atomic E-state index is 0.0186. The van der Waals surface area contributed by atoms with Gasteiger partial charge in [-0.3, -0.25) is 9.48 Å². The van der Waals surface area contributed by atoms with E-state index < -0.39 is 12.1 Å². The number of anilines is 1. The minimum atomic E-state index is -1.13. The maximum absolute atomic E-state index is 12.4. The third kappa shape index (κ3) is 5.34. The van der Waals surface area contributed by atoms with Crippen molar-refractivity contribution in [2.45, 2.75) is 25.7 Å². The van der Waals surface area contributed by atoms with Crippen molar-refractivity contribution in [1.29, 1.82) is 0 Å². The first kappa shape index (κ1) is 24.0. The molecule has 4 rings (SSSR count). The van der Waals surface area contributed by atoms with Crippen LogP contribution in [0, 0.1) is 5.92 Å². The highest BCUT2D eigenvalue weighted by atomic mass is 16.5. The molecule has 1 heterocycles. The van der Waals surface area contributed by atoms with Crippen LogP contribution in [-0.4, -0.2) is 46.0 Å². The molecule has 1 aliphatic carbocycles. The van der Waals surface area contributed by atoms with Gasteiger partial charge in [0, 0.05) is 32.0 Å². The van der Waals surface area contributed by atoms with Gasteiger partial charge in [-0.05, 0) is 28.2 Å². The standard InChI is InChI=1S/C26H28N4O5/c1-3-16(12-24(31)28-23-13-22(25(32)33)30(2)29-23)14-27-26(34)35-15-21-19-10-6-4-8-17(19)18-9-5-7-11-20(18)21/h4-11,13,16,21H,3,12,14-15H2,1-2H3,(H,27,34)(H,32,33)(H,28,29,31). The molecule has 0 saturated heterocycles. The number of alkyl carbamates (subject to hydrolysis) is 1. The molecule has 0 radical (unpaired) electrons. The van der Waals surface area contributed by atoms with Crippen molar-refractivity contribution < 1.29 is 24.2 Å². The van der Waals surface area contributed by atoms with Crippen LogP contribution in [-0.2, 0) is 16.6 Å². The number of carboxylic acids is 1. The van der Waals surface area contributed by atoms with E-state index in [1.165, 1.54) is 17.8 Å². The molecule has 9 heteroatoms. The Balaban J connectivity index is 1.27. The lowest BCUT2D eigenvalue weighted by molar-refractivity contribution is -0.117. The van der Waals surface area contributed by atoms with Crippen molar-refractivity contribution in [3.63, 3.8) is 0 Å². The van der Waals surface area contributed by atoms with Gasteiger partial charge in [0.25, 0.3) is 0 Å². The Morgan fingerprint density at radius 3 is 2.29 bits per heavy atom. The molecule has 0 saturated carbocycles. The van der Waals surface area contributed by atoms with Crippen molar-refractivity contribution in [3.05, 3.63) is 71.4 Å². The molecule has 1 unspecified atom stereocenters. The molecule has 35 heavy (non-hydrogen) atoms. The number of rotatable bonds is 9. The predicted molar refractivity (Wildman–Crippen MR) is 130 cm³/mol. The summed E-state index contributed by atoms with van der Waals surface area (Å²) in [6.07, 6.45) is 0.292. The van der Waals surface area contributed by atoms with Gasteiger partial charge in [-0.2, -0.15) is 5.10 Å². The van der Waals surface area contributed by atoms with Gasteiger partial charge in [0.05, 0.1) is 0 Å². The first-order valence-electron chi connectivity index (χ1n) is 11.5. The summed E-state index contributed by atoms with van der Waals surface area (Å²) in [7, 11) is 1.49. The quantitative estimate of drug-likeness (QED) is 0.429. The van der Waals surface area contributed by atoms with E-state index in [0.29, 0.717) is 6.42 Å². The number of ether oxygens (including phenoxy) is 1. The number of benzene rings is 2. The molecule has 0 bridgehead atoms. The van der Waals surface area contributed by atoms with Crippen LogP contribution in [0.2, 0.25) is 0 Å². The second-order valence-electron chi connectivity index (χ2n) is 8.58. The summed E-state index contributed by atoms with van der Waals surface area (Å²) in [5, 5.41) is 18.5. The van der Waals surface area contributed by atoms with Crippen LogP contribution in [0.3, 0.4) is 0 Å². The molecule has 2 amide bonds. The summed E-state index contributed by atoms with van der Waals surface area (Å²) in [5.74, 6) is -1.39. The molecule has 182 valence electrons. The van der Waals surface area contributed by atoms with Gasteiger partial charge >= 0.3 is 12.1 Å². The van der Waals surface area contributed by atoms with Crippen molar-refractivity contribution >= 4 is 23.8 Å². The number of carbonyl (C=O) groups excluding carboxylic acids is 2. The molecule has 1 aromatic heterocycles. The zero-order valence-electron chi connectivity index (χ0n) is 19.7. The summed E-state index contributed by atoms with van der Waals surface area (Å²) in [6, 6.07) is 17.6. The number of carboxylic acid groups (broad SMARTS) is 1. The van der Waals surface area contributed by atoms with Gasteiger partial charge in [-0.15, -0.1) is 0 Å². The highest BCUT2D eigenvalue weighted by Gasteiger charge is 2.29. The second kappa shape index (κ2) is 10.4. The van der Waals surface area contributed by atoms with E-state index >= 15 is 0 Å². The van der Waals surface area contributed by atoms with Crippen molar-refractivity contribution in [2.24, 2.45) is 13.0 Å². The largest absolute Gasteiger partial charge is 0.477 e. The lowest BCUT2D eigenvalue weighted by atomic mass is 9.98. The number of nitrogens with one attached hydrogen (secondary N) is 2. The number of aryl methyl sites for hydroxylation is 1. The van der Waals surface area contributed by atoms with Gasteiger partial charge in [0.15, 0.2) is 5.82 Å². The monoisotopic (exact) mass is 476 g/mol. The van der Waals surface area contributed by atoms with Crippen molar-refractivity contribution in [1.82, 2.24) is 15.1 Å². The first-order chi connectivity index (χ1) is 16.9. The highest BCUT2D eigenvalue weighted by molar-refractivity contribution is 5.92. The Labute approximate surface area is 203 Å². The topological polar surface area (TPSA) is 123 Å². The summed E-state index contributed by atoms with van der Waals surface area (Å²) < 4.78 is 6.74. The molecule has 1 aliphatic rings. The summed E-state index contributed by atoms with van der Waals surface area (Å²) in [6.45, 7) is 2.44. The lowest BCUT2D eigenvalue weighted by Gasteiger charge is -2.17. The smallest absolute Gasteiger partial charge is 0.407 e. The minimum Gasteiger partial charge on any atom is -0.477 e. The van der Waals surface area contributed by atoms with Crippen LogP contribution in [0.15, 0.2) is 54.6 Å². The fourth-order valence-corrected chi connectivity index (χ4v) is 4.42. The highest BCUT2D eigenvalue weighted by Crippen LogP contribution is 2.44. The van der Waals surface area contributed by atoms with E-state index in [9.17, 15) is 14.4 Å². The predicted octanol–water partition coefficient (Wildman–Crippen LogP) is 4.01. The molecular formula is C26H28N4O5. The van der Waals surface area contributed by atoms with Crippen LogP contribution in [0.4, 0.5) is 10.6 Å². The number of fused-ring (bicyclic) bond motifs is 3. The number of amides is 2. The fourth-order valence-electron chi connectivity index (χ4n) is 4.42. The molecule has 3 aromatic rings. The third-order valence-electron chi connectivity index (χ3n) is 6.30. The van der Waals surface area contributed by atoms with E-state index in [2.05, 4.69) is 40.0 Å². The summed E-state index contributed by atoms with van der Waals surface area (Å²) >= 11 is 0. The Kier molecular flexibility index (Phi) is 7.14. The molecular weight excluding hydrogens is 448 g/mol. The van der Waals surface area contributed by atoms with E-state index in [1.54, 1.807) is 0 Å². The Bertz CT molecular complexity index is 1210. The first-order valence-corrected chi connectivity index (χ1v) is 11.5. The number of hydrogen-bond acceptors (Lipinski definition) is 5.